The fraction of sp³-hybridized carbons (Fsp3) is 0.333. The fourth-order valence-corrected chi connectivity index (χ4v) is 3.65. The van der Waals surface area contributed by atoms with E-state index in [1.807, 2.05) is 19.9 Å². The minimum absolute atomic E-state index is 0.0217. The second kappa shape index (κ2) is 6.15. The summed E-state index contributed by atoms with van der Waals surface area (Å²) in [7, 11) is 0. The predicted octanol–water partition coefficient (Wildman–Crippen LogP) is 3.70. The van der Waals surface area contributed by atoms with Crippen LogP contribution in [-0.2, 0) is 9.53 Å². The molecule has 1 atom stereocenters. The van der Waals surface area contributed by atoms with Gasteiger partial charge in [-0.05, 0) is 17.0 Å². The van der Waals surface area contributed by atoms with Crippen LogP contribution in [0.3, 0.4) is 0 Å². The third-order valence-electron chi connectivity index (χ3n) is 4.58. The second-order valence-electron chi connectivity index (χ2n) is 7.17. The summed E-state index contributed by atoms with van der Waals surface area (Å²) in [5.41, 5.74) is 6.14. The Kier molecular flexibility index (Phi) is 4.24. The molecule has 134 valence electrons. The highest BCUT2D eigenvalue weighted by atomic mass is 35.5. The number of halogens is 1. The molecule has 0 aromatic heterocycles. The number of allylic oxidation sites excluding steroid dienone is 3. The molecular formula is C18H16ClN3O4. The van der Waals surface area contributed by atoms with E-state index in [4.69, 9.17) is 22.1 Å². The zero-order chi connectivity index (χ0) is 19.2. The molecule has 0 bridgehead atoms. The molecule has 1 aliphatic heterocycles. The van der Waals surface area contributed by atoms with E-state index in [-0.39, 0.29) is 33.4 Å². The lowest BCUT2D eigenvalue weighted by atomic mass is 9.70. The van der Waals surface area contributed by atoms with E-state index in [2.05, 4.69) is 0 Å². The number of carbonyl (C=O) groups excluding carboxylic acids is 1. The number of nitro benzene ring substituents is 1. The summed E-state index contributed by atoms with van der Waals surface area (Å²) in [6, 6.07) is 6.20. The molecule has 7 nitrogen and oxygen atoms in total. The monoisotopic (exact) mass is 373 g/mol. The number of ketones is 1. The molecule has 3 rings (SSSR count). The van der Waals surface area contributed by atoms with E-state index in [9.17, 15) is 20.2 Å². The fourth-order valence-electron chi connectivity index (χ4n) is 3.47. The van der Waals surface area contributed by atoms with Crippen molar-refractivity contribution in [3.05, 3.63) is 61.7 Å². The Morgan fingerprint density at radius 2 is 2.12 bits per heavy atom. The van der Waals surface area contributed by atoms with Gasteiger partial charge in [0.05, 0.1) is 10.8 Å². The van der Waals surface area contributed by atoms with E-state index in [1.54, 1.807) is 6.07 Å². The van der Waals surface area contributed by atoms with Gasteiger partial charge in [0.25, 0.3) is 5.69 Å². The first-order valence-electron chi connectivity index (χ1n) is 7.92. The number of carbonyl (C=O) groups is 1. The van der Waals surface area contributed by atoms with Gasteiger partial charge < -0.3 is 10.5 Å². The molecule has 8 heteroatoms. The van der Waals surface area contributed by atoms with Crippen molar-refractivity contribution in [1.29, 1.82) is 5.26 Å². The topological polar surface area (TPSA) is 119 Å². The molecule has 2 aliphatic rings. The zero-order valence-electron chi connectivity index (χ0n) is 14.2. The molecule has 1 heterocycles. The molecule has 1 aliphatic carbocycles. The second-order valence-corrected chi connectivity index (χ2v) is 7.58. The Morgan fingerprint density at radius 3 is 2.73 bits per heavy atom. The first kappa shape index (κ1) is 18.0. The van der Waals surface area contributed by atoms with Crippen LogP contribution in [0, 0.1) is 26.9 Å². The van der Waals surface area contributed by atoms with Crippen molar-refractivity contribution in [2.24, 2.45) is 11.1 Å². The molecule has 26 heavy (non-hydrogen) atoms. The van der Waals surface area contributed by atoms with Crippen LogP contribution >= 0.6 is 11.6 Å². The first-order chi connectivity index (χ1) is 12.1. The van der Waals surface area contributed by atoms with Gasteiger partial charge in [-0.1, -0.05) is 31.5 Å². The van der Waals surface area contributed by atoms with Gasteiger partial charge in [0, 0.05) is 24.5 Å². The van der Waals surface area contributed by atoms with Crippen LogP contribution < -0.4 is 5.73 Å². The van der Waals surface area contributed by atoms with Gasteiger partial charge in [-0.3, -0.25) is 14.9 Å². The standard InChI is InChI=1S/C18H16ClN3O4/c1-18(2)6-13(23)16-14(7-18)26-17(21)10(8-20)15(16)9-3-4-11(19)12(5-9)22(24)25/h3-5,15H,6-7,21H2,1-2H3/t15-/m1/s1. The highest BCUT2D eigenvalue weighted by Gasteiger charge is 2.43. The molecule has 0 unspecified atom stereocenters. The van der Waals surface area contributed by atoms with Gasteiger partial charge in [-0.25, -0.2) is 0 Å². The summed E-state index contributed by atoms with van der Waals surface area (Å²) in [5, 5.41) is 20.7. The summed E-state index contributed by atoms with van der Waals surface area (Å²) in [6.45, 7) is 3.89. The Labute approximate surface area is 154 Å². The maximum atomic E-state index is 12.8. The molecule has 2 N–H and O–H groups in total. The third-order valence-corrected chi connectivity index (χ3v) is 4.90. The minimum Gasteiger partial charge on any atom is -0.444 e. The average molecular weight is 374 g/mol. The number of rotatable bonds is 2. The quantitative estimate of drug-likeness (QED) is 0.623. The number of hydrogen-bond acceptors (Lipinski definition) is 6. The highest BCUT2D eigenvalue weighted by Crippen LogP contribution is 2.48. The summed E-state index contributed by atoms with van der Waals surface area (Å²) in [5.74, 6) is -0.618. The average Bonchev–Trinajstić information content (AvgIpc) is 2.52. The molecule has 1 aromatic rings. The largest absolute Gasteiger partial charge is 0.444 e. The van der Waals surface area contributed by atoms with E-state index in [1.165, 1.54) is 12.1 Å². The number of nitriles is 1. The van der Waals surface area contributed by atoms with Gasteiger partial charge in [-0.2, -0.15) is 5.26 Å². The van der Waals surface area contributed by atoms with Crippen molar-refractivity contribution in [1.82, 2.24) is 0 Å². The van der Waals surface area contributed by atoms with Crippen LogP contribution in [0.4, 0.5) is 5.69 Å². The molecule has 1 aromatic carbocycles. The smallest absolute Gasteiger partial charge is 0.288 e. The summed E-state index contributed by atoms with van der Waals surface area (Å²) < 4.78 is 5.59. The zero-order valence-corrected chi connectivity index (χ0v) is 15.0. The maximum Gasteiger partial charge on any atom is 0.288 e. The number of Topliss-reactive ketones (excluding diaryl/α,β-unsaturated/α-hetero) is 1. The van der Waals surface area contributed by atoms with Crippen LogP contribution in [0.5, 0.6) is 0 Å². The Bertz CT molecular complexity index is 940. The Hall–Kier alpha value is -2.85. The molecule has 0 spiro atoms. The van der Waals surface area contributed by atoms with Gasteiger partial charge in [0.2, 0.25) is 5.88 Å². The van der Waals surface area contributed by atoms with Gasteiger partial charge >= 0.3 is 0 Å². The Balaban J connectivity index is 2.22. The van der Waals surface area contributed by atoms with E-state index < -0.39 is 10.8 Å². The molecule has 0 fully saturated rings. The van der Waals surface area contributed by atoms with E-state index in [0.717, 1.165) is 0 Å². The number of nitro groups is 1. The highest BCUT2D eigenvalue weighted by molar-refractivity contribution is 6.32. The minimum atomic E-state index is -0.802. The number of hydrogen-bond donors (Lipinski definition) is 1. The van der Waals surface area contributed by atoms with Gasteiger partial charge in [-0.15, -0.1) is 0 Å². The lowest BCUT2D eigenvalue weighted by Gasteiger charge is -2.37. The van der Waals surface area contributed by atoms with Crippen LogP contribution in [0.1, 0.15) is 38.2 Å². The number of nitrogens with two attached hydrogens (primary N) is 1. The van der Waals surface area contributed by atoms with Crippen molar-refractivity contribution in [2.45, 2.75) is 32.6 Å². The van der Waals surface area contributed by atoms with E-state index >= 15 is 0 Å². The first-order valence-corrected chi connectivity index (χ1v) is 8.30. The normalized spacial score (nSPS) is 21.8. The van der Waals surface area contributed by atoms with E-state index in [0.29, 0.717) is 29.7 Å². The number of ether oxygens (including phenoxy) is 1. The predicted molar refractivity (Wildman–Crippen MR) is 93.8 cm³/mol. The van der Waals surface area contributed by atoms with Crippen molar-refractivity contribution < 1.29 is 14.5 Å². The van der Waals surface area contributed by atoms with Crippen LogP contribution in [0.15, 0.2) is 41.0 Å². The number of nitrogens with zero attached hydrogens (tertiary/aromatic N) is 2. The lowest BCUT2D eigenvalue weighted by Crippen LogP contribution is -2.33. The van der Waals surface area contributed by atoms with Crippen molar-refractivity contribution >= 4 is 23.1 Å². The maximum absolute atomic E-state index is 12.8. The number of benzene rings is 1. The molecule has 0 saturated carbocycles. The van der Waals surface area contributed by atoms with Crippen LogP contribution in [0.25, 0.3) is 0 Å². The van der Waals surface area contributed by atoms with Crippen LogP contribution in [0.2, 0.25) is 5.02 Å². The third kappa shape index (κ3) is 2.93. The summed E-state index contributed by atoms with van der Waals surface area (Å²) >= 11 is 5.89. The van der Waals surface area contributed by atoms with Gasteiger partial charge in [0.1, 0.15) is 22.4 Å². The SMILES string of the molecule is CC1(C)CC(=O)C2=C(C1)OC(N)=C(C#N)[C@H]2c1ccc(Cl)c([N+](=O)[O-])c1. The lowest BCUT2D eigenvalue weighted by molar-refractivity contribution is -0.384. The van der Waals surface area contributed by atoms with Crippen molar-refractivity contribution in [3.63, 3.8) is 0 Å². The summed E-state index contributed by atoms with van der Waals surface area (Å²) in [6.07, 6.45) is 0.777. The molecular weight excluding hydrogens is 358 g/mol. The van der Waals surface area contributed by atoms with Crippen molar-refractivity contribution in [3.8, 4) is 6.07 Å². The molecule has 0 radical (unpaired) electrons. The van der Waals surface area contributed by atoms with Gasteiger partial charge in [0.15, 0.2) is 5.78 Å². The van der Waals surface area contributed by atoms with Crippen LogP contribution in [-0.4, -0.2) is 10.7 Å². The Morgan fingerprint density at radius 1 is 1.42 bits per heavy atom. The molecule has 0 amide bonds. The molecule has 0 saturated heterocycles. The van der Waals surface area contributed by atoms with Crippen molar-refractivity contribution in [2.75, 3.05) is 0 Å². The summed E-state index contributed by atoms with van der Waals surface area (Å²) in [4.78, 5) is 23.4.